The second-order valence-electron chi connectivity index (χ2n) is 5.71. The van der Waals surface area contributed by atoms with Crippen molar-refractivity contribution < 1.29 is 0 Å². The van der Waals surface area contributed by atoms with E-state index in [1.54, 1.807) is 0 Å². The topological polar surface area (TPSA) is 58.3 Å². The van der Waals surface area contributed by atoms with E-state index in [2.05, 4.69) is 19.8 Å². The van der Waals surface area contributed by atoms with Crippen molar-refractivity contribution in [1.82, 2.24) is 14.9 Å². The first-order valence-electron chi connectivity index (χ1n) is 7.50. The summed E-state index contributed by atoms with van der Waals surface area (Å²) < 4.78 is 0. The number of halogens is 1. The van der Waals surface area contributed by atoms with Gasteiger partial charge in [0.05, 0.1) is 0 Å². The van der Waals surface area contributed by atoms with Gasteiger partial charge < -0.3 is 15.5 Å². The van der Waals surface area contributed by atoms with Crippen LogP contribution in [-0.4, -0.2) is 47.1 Å². The fourth-order valence-corrected chi connectivity index (χ4v) is 3.54. The Labute approximate surface area is 125 Å². The van der Waals surface area contributed by atoms with Crippen LogP contribution >= 0.6 is 11.6 Å². The molecule has 6 heteroatoms. The first kappa shape index (κ1) is 13.9. The van der Waals surface area contributed by atoms with Crippen LogP contribution in [-0.2, 0) is 0 Å². The van der Waals surface area contributed by atoms with E-state index in [4.69, 9.17) is 17.3 Å². The summed E-state index contributed by atoms with van der Waals surface area (Å²) in [5, 5.41) is 0.490. The lowest BCUT2D eigenvalue weighted by atomic mass is 10.00. The molecule has 0 bridgehead atoms. The summed E-state index contributed by atoms with van der Waals surface area (Å²) in [5.74, 6) is 1.16. The molecule has 0 aliphatic carbocycles. The normalized spacial score (nSPS) is 22.1. The molecule has 2 aliphatic heterocycles. The Morgan fingerprint density at radius 3 is 2.45 bits per heavy atom. The van der Waals surface area contributed by atoms with Crippen LogP contribution in [0.15, 0.2) is 6.33 Å². The van der Waals surface area contributed by atoms with Crippen molar-refractivity contribution in [1.29, 1.82) is 0 Å². The minimum absolute atomic E-state index is 0.370. The van der Waals surface area contributed by atoms with Gasteiger partial charge in [-0.2, -0.15) is 0 Å². The van der Waals surface area contributed by atoms with Crippen molar-refractivity contribution in [2.75, 3.05) is 36.8 Å². The molecule has 3 rings (SSSR count). The molecular formula is C14H22ClN5. The number of nitrogens with zero attached hydrogens (tertiary/aromatic N) is 4. The van der Waals surface area contributed by atoms with Crippen molar-refractivity contribution in [3.05, 3.63) is 11.3 Å². The Kier molecular flexibility index (Phi) is 4.27. The summed E-state index contributed by atoms with van der Waals surface area (Å²) in [6.07, 6.45) is 7.96. The fourth-order valence-electron chi connectivity index (χ4n) is 3.32. The first-order valence-corrected chi connectivity index (χ1v) is 7.88. The Morgan fingerprint density at radius 1 is 1.05 bits per heavy atom. The maximum atomic E-state index is 6.21. The van der Waals surface area contributed by atoms with Gasteiger partial charge in [-0.15, -0.1) is 0 Å². The quantitative estimate of drug-likeness (QED) is 0.906. The van der Waals surface area contributed by atoms with Gasteiger partial charge in [-0.3, -0.25) is 0 Å². The van der Waals surface area contributed by atoms with E-state index in [-0.39, 0.29) is 0 Å². The average Bonchev–Trinajstić information content (AvgIpc) is 2.51. The number of anilines is 2. The molecule has 0 unspecified atom stereocenters. The lowest BCUT2D eigenvalue weighted by Crippen LogP contribution is -2.47. The van der Waals surface area contributed by atoms with Gasteiger partial charge in [-0.25, -0.2) is 9.97 Å². The minimum atomic E-state index is 0.370. The number of likely N-dealkylation sites (tertiary alicyclic amines) is 1. The zero-order chi connectivity index (χ0) is 13.9. The summed E-state index contributed by atoms with van der Waals surface area (Å²) in [6.45, 7) is 4.53. The number of hydrogen-bond donors (Lipinski definition) is 1. The third-order valence-electron chi connectivity index (χ3n) is 4.47. The Morgan fingerprint density at radius 2 is 1.75 bits per heavy atom. The van der Waals surface area contributed by atoms with Gasteiger partial charge in [0, 0.05) is 19.1 Å². The van der Waals surface area contributed by atoms with Gasteiger partial charge in [0.25, 0.3) is 0 Å². The van der Waals surface area contributed by atoms with Crippen LogP contribution < -0.4 is 10.6 Å². The number of aromatic nitrogens is 2. The summed E-state index contributed by atoms with van der Waals surface area (Å²) in [4.78, 5) is 13.1. The Hall–Kier alpha value is -1.07. The molecule has 110 valence electrons. The van der Waals surface area contributed by atoms with Gasteiger partial charge in [0.1, 0.15) is 17.2 Å². The lowest BCUT2D eigenvalue weighted by molar-refractivity contribution is 0.141. The molecule has 0 atom stereocenters. The smallest absolute Gasteiger partial charge is 0.153 e. The zero-order valence-corrected chi connectivity index (χ0v) is 12.5. The molecule has 2 saturated heterocycles. The van der Waals surface area contributed by atoms with Crippen LogP contribution in [0.3, 0.4) is 0 Å². The number of nitrogen functional groups attached to an aromatic ring is 1. The second-order valence-corrected chi connectivity index (χ2v) is 6.09. The lowest BCUT2D eigenvalue weighted by Gasteiger charge is -2.40. The predicted octanol–water partition coefficient (Wildman–Crippen LogP) is 2.17. The predicted molar refractivity (Wildman–Crippen MR) is 82.1 cm³/mol. The standard InChI is InChI=1S/C14H22ClN5/c15-12-13(16)17-10-18-14(12)20-8-4-11(5-9-20)19-6-2-1-3-7-19/h10-11H,1-9H2,(H2,16,17,18). The van der Waals surface area contributed by atoms with E-state index < -0.39 is 0 Å². The molecule has 3 heterocycles. The number of nitrogens with two attached hydrogens (primary N) is 1. The van der Waals surface area contributed by atoms with E-state index in [1.807, 2.05) is 0 Å². The molecule has 0 saturated carbocycles. The van der Waals surface area contributed by atoms with Gasteiger partial charge in [-0.05, 0) is 38.8 Å². The van der Waals surface area contributed by atoms with E-state index in [1.165, 1.54) is 51.5 Å². The van der Waals surface area contributed by atoms with Crippen molar-refractivity contribution in [2.45, 2.75) is 38.1 Å². The highest BCUT2D eigenvalue weighted by Gasteiger charge is 2.27. The van der Waals surface area contributed by atoms with Crippen LogP contribution in [0.2, 0.25) is 5.02 Å². The highest BCUT2D eigenvalue weighted by molar-refractivity contribution is 6.35. The SMILES string of the molecule is Nc1ncnc(N2CCC(N3CCCCC3)CC2)c1Cl. The number of hydrogen-bond acceptors (Lipinski definition) is 5. The molecule has 0 amide bonds. The van der Waals surface area contributed by atoms with E-state index in [0.29, 0.717) is 10.8 Å². The molecule has 2 aliphatic rings. The van der Waals surface area contributed by atoms with Gasteiger partial charge in [0.2, 0.25) is 0 Å². The summed E-state index contributed by atoms with van der Waals surface area (Å²) >= 11 is 6.21. The number of piperidine rings is 2. The van der Waals surface area contributed by atoms with Crippen molar-refractivity contribution in [3.8, 4) is 0 Å². The molecule has 2 fully saturated rings. The van der Waals surface area contributed by atoms with E-state index in [9.17, 15) is 0 Å². The third kappa shape index (κ3) is 2.83. The summed E-state index contributed by atoms with van der Waals surface area (Å²) in [6, 6.07) is 0.726. The Balaban J connectivity index is 1.62. The van der Waals surface area contributed by atoms with Gasteiger partial charge in [-0.1, -0.05) is 18.0 Å². The first-order chi connectivity index (χ1) is 9.75. The van der Waals surface area contributed by atoms with Crippen molar-refractivity contribution in [2.24, 2.45) is 0 Å². The number of rotatable bonds is 2. The molecule has 1 aromatic rings. The molecular weight excluding hydrogens is 274 g/mol. The maximum absolute atomic E-state index is 6.21. The van der Waals surface area contributed by atoms with Crippen LogP contribution in [0.25, 0.3) is 0 Å². The van der Waals surface area contributed by atoms with Crippen molar-refractivity contribution in [3.63, 3.8) is 0 Å². The largest absolute Gasteiger partial charge is 0.382 e. The molecule has 2 N–H and O–H groups in total. The zero-order valence-electron chi connectivity index (χ0n) is 11.8. The molecule has 20 heavy (non-hydrogen) atoms. The molecule has 1 aromatic heterocycles. The van der Waals surface area contributed by atoms with E-state index in [0.717, 1.165) is 24.9 Å². The van der Waals surface area contributed by atoms with Crippen LogP contribution in [0, 0.1) is 0 Å². The van der Waals surface area contributed by atoms with Crippen molar-refractivity contribution >= 4 is 23.2 Å². The maximum Gasteiger partial charge on any atom is 0.153 e. The molecule has 0 radical (unpaired) electrons. The average molecular weight is 296 g/mol. The van der Waals surface area contributed by atoms with Crippen LogP contribution in [0.4, 0.5) is 11.6 Å². The summed E-state index contributed by atoms with van der Waals surface area (Å²) in [7, 11) is 0. The molecule has 0 spiro atoms. The third-order valence-corrected chi connectivity index (χ3v) is 4.83. The monoisotopic (exact) mass is 295 g/mol. The van der Waals surface area contributed by atoms with Gasteiger partial charge >= 0.3 is 0 Å². The van der Waals surface area contributed by atoms with Gasteiger partial charge in [0.15, 0.2) is 5.82 Å². The summed E-state index contributed by atoms with van der Waals surface area (Å²) in [5.41, 5.74) is 5.75. The van der Waals surface area contributed by atoms with Crippen LogP contribution in [0.5, 0.6) is 0 Å². The fraction of sp³-hybridized carbons (Fsp3) is 0.714. The molecule has 5 nitrogen and oxygen atoms in total. The highest BCUT2D eigenvalue weighted by Crippen LogP contribution is 2.30. The Bertz CT molecular complexity index is 453. The van der Waals surface area contributed by atoms with E-state index >= 15 is 0 Å². The van der Waals surface area contributed by atoms with Crippen LogP contribution in [0.1, 0.15) is 32.1 Å². The second kappa shape index (κ2) is 6.14. The highest BCUT2D eigenvalue weighted by atomic mass is 35.5. The molecule has 0 aromatic carbocycles. The minimum Gasteiger partial charge on any atom is -0.382 e.